The molecule has 0 bridgehead atoms. The molecule has 0 unspecified atom stereocenters. The van der Waals surface area contributed by atoms with Crippen molar-refractivity contribution in [3.8, 4) is 0 Å². The number of nitrogens with zero attached hydrogens (tertiary/aromatic N) is 1. The maximum absolute atomic E-state index is 12.4. The predicted octanol–water partition coefficient (Wildman–Crippen LogP) is 2.87. The summed E-state index contributed by atoms with van der Waals surface area (Å²) in [5, 5.41) is 2.87. The van der Waals surface area contributed by atoms with Crippen molar-refractivity contribution in [2.75, 3.05) is 11.1 Å². The minimum Gasteiger partial charge on any atom is -0.384 e. The molecule has 1 aromatic heterocycles. The summed E-state index contributed by atoms with van der Waals surface area (Å²) in [7, 11) is 0. The first-order valence-electron chi connectivity index (χ1n) is 6.54. The van der Waals surface area contributed by atoms with Gasteiger partial charge in [-0.25, -0.2) is 4.98 Å². The van der Waals surface area contributed by atoms with Crippen LogP contribution in [0.3, 0.4) is 0 Å². The van der Waals surface area contributed by atoms with Gasteiger partial charge in [0, 0.05) is 5.41 Å². The number of nitrogens with two attached hydrogens (primary N) is 1. The molecule has 0 radical (unpaired) electrons. The summed E-state index contributed by atoms with van der Waals surface area (Å²) in [6, 6.07) is 13.4. The molecule has 0 aliphatic carbocycles. The molecule has 3 N–H and O–H groups in total. The van der Waals surface area contributed by atoms with Crippen LogP contribution in [-0.2, 0) is 11.2 Å². The van der Waals surface area contributed by atoms with Gasteiger partial charge in [0.1, 0.15) is 5.82 Å². The standard InChI is InChI=1S/C16H19N3O/c1-16(2,10-12-6-4-3-5-7-12)15(20)19-13-8-9-14(17)18-11-13/h3-9,11H,10H2,1-2H3,(H2,17,18)(H,19,20). The molecule has 104 valence electrons. The van der Waals surface area contributed by atoms with Crippen molar-refractivity contribution in [1.29, 1.82) is 0 Å². The molecule has 0 atom stereocenters. The van der Waals surface area contributed by atoms with Gasteiger partial charge in [0.25, 0.3) is 0 Å². The molecule has 0 spiro atoms. The van der Waals surface area contributed by atoms with Gasteiger partial charge in [-0.15, -0.1) is 0 Å². The second kappa shape index (κ2) is 5.74. The topological polar surface area (TPSA) is 68.0 Å². The Labute approximate surface area is 119 Å². The molecule has 4 heteroatoms. The highest BCUT2D eigenvalue weighted by molar-refractivity contribution is 5.94. The van der Waals surface area contributed by atoms with Crippen LogP contribution < -0.4 is 11.1 Å². The Balaban J connectivity index is 2.05. The lowest BCUT2D eigenvalue weighted by atomic mass is 9.85. The maximum Gasteiger partial charge on any atom is 0.230 e. The Bertz CT molecular complexity index is 576. The Morgan fingerprint density at radius 2 is 1.90 bits per heavy atom. The number of hydrogen-bond acceptors (Lipinski definition) is 3. The maximum atomic E-state index is 12.4. The normalized spacial score (nSPS) is 11.1. The lowest BCUT2D eigenvalue weighted by Gasteiger charge is -2.23. The molecule has 2 rings (SSSR count). The molecule has 1 heterocycles. The summed E-state index contributed by atoms with van der Waals surface area (Å²) in [6.45, 7) is 3.86. The molecule has 2 aromatic rings. The summed E-state index contributed by atoms with van der Waals surface area (Å²) >= 11 is 0. The monoisotopic (exact) mass is 269 g/mol. The highest BCUT2D eigenvalue weighted by Gasteiger charge is 2.27. The third-order valence-electron chi connectivity index (χ3n) is 3.15. The van der Waals surface area contributed by atoms with Crippen molar-refractivity contribution in [2.24, 2.45) is 5.41 Å². The molecule has 20 heavy (non-hydrogen) atoms. The van der Waals surface area contributed by atoms with Crippen LogP contribution in [0.2, 0.25) is 0 Å². The van der Waals surface area contributed by atoms with Gasteiger partial charge in [0.05, 0.1) is 11.9 Å². The van der Waals surface area contributed by atoms with Gasteiger partial charge in [-0.1, -0.05) is 44.2 Å². The number of pyridine rings is 1. The number of anilines is 2. The van der Waals surface area contributed by atoms with Crippen molar-refractivity contribution < 1.29 is 4.79 Å². The van der Waals surface area contributed by atoms with E-state index in [1.807, 2.05) is 44.2 Å². The average Bonchev–Trinajstić information content (AvgIpc) is 2.42. The summed E-state index contributed by atoms with van der Waals surface area (Å²) in [4.78, 5) is 16.3. The fraction of sp³-hybridized carbons (Fsp3) is 0.250. The zero-order chi connectivity index (χ0) is 14.6. The zero-order valence-electron chi connectivity index (χ0n) is 11.8. The molecular formula is C16H19N3O. The van der Waals surface area contributed by atoms with Crippen LogP contribution in [0.15, 0.2) is 48.7 Å². The molecule has 0 aliphatic heterocycles. The van der Waals surface area contributed by atoms with E-state index in [0.29, 0.717) is 17.9 Å². The highest BCUT2D eigenvalue weighted by Crippen LogP contribution is 2.24. The minimum atomic E-state index is -0.497. The Morgan fingerprint density at radius 3 is 2.50 bits per heavy atom. The lowest BCUT2D eigenvalue weighted by Crippen LogP contribution is -2.32. The van der Waals surface area contributed by atoms with Crippen molar-refractivity contribution >= 4 is 17.4 Å². The number of nitrogens with one attached hydrogen (secondary N) is 1. The van der Waals surface area contributed by atoms with E-state index in [4.69, 9.17) is 5.73 Å². The third-order valence-corrected chi connectivity index (χ3v) is 3.15. The van der Waals surface area contributed by atoms with Crippen LogP contribution >= 0.6 is 0 Å². The summed E-state index contributed by atoms with van der Waals surface area (Å²) in [5.74, 6) is 0.402. The van der Waals surface area contributed by atoms with Gasteiger partial charge < -0.3 is 11.1 Å². The third kappa shape index (κ3) is 3.57. The number of benzene rings is 1. The number of carbonyl (C=O) groups is 1. The van der Waals surface area contributed by atoms with Crippen molar-refractivity contribution in [1.82, 2.24) is 4.98 Å². The van der Waals surface area contributed by atoms with E-state index in [1.165, 1.54) is 0 Å². The van der Waals surface area contributed by atoms with Crippen LogP contribution in [0.4, 0.5) is 11.5 Å². The Hall–Kier alpha value is -2.36. The summed E-state index contributed by atoms with van der Waals surface area (Å²) in [6.07, 6.45) is 2.24. The van der Waals surface area contributed by atoms with Crippen LogP contribution in [0.1, 0.15) is 19.4 Å². The number of hydrogen-bond donors (Lipinski definition) is 2. The number of nitrogen functional groups attached to an aromatic ring is 1. The first kappa shape index (κ1) is 14.1. The van der Waals surface area contributed by atoms with Crippen LogP contribution in [-0.4, -0.2) is 10.9 Å². The second-order valence-corrected chi connectivity index (χ2v) is 5.47. The van der Waals surface area contributed by atoms with E-state index in [1.54, 1.807) is 18.3 Å². The van der Waals surface area contributed by atoms with E-state index < -0.39 is 5.41 Å². The fourth-order valence-corrected chi connectivity index (χ4v) is 1.97. The number of aromatic nitrogens is 1. The first-order valence-corrected chi connectivity index (χ1v) is 6.54. The predicted molar refractivity (Wildman–Crippen MR) is 81.2 cm³/mol. The first-order chi connectivity index (χ1) is 9.47. The van der Waals surface area contributed by atoms with Crippen LogP contribution in [0, 0.1) is 5.41 Å². The van der Waals surface area contributed by atoms with E-state index in [9.17, 15) is 4.79 Å². The average molecular weight is 269 g/mol. The molecule has 0 saturated carbocycles. The number of carbonyl (C=O) groups excluding carboxylic acids is 1. The van der Waals surface area contributed by atoms with Crippen LogP contribution in [0.5, 0.6) is 0 Å². The summed E-state index contributed by atoms with van der Waals surface area (Å²) < 4.78 is 0. The Morgan fingerprint density at radius 1 is 1.20 bits per heavy atom. The van der Waals surface area contributed by atoms with E-state index in [2.05, 4.69) is 10.3 Å². The van der Waals surface area contributed by atoms with Gasteiger partial charge in [-0.05, 0) is 24.1 Å². The smallest absolute Gasteiger partial charge is 0.230 e. The zero-order valence-corrected chi connectivity index (χ0v) is 11.8. The molecule has 1 aromatic carbocycles. The lowest BCUT2D eigenvalue weighted by molar-refractivity contribution is -0.123. The highest BCUT2D eigenvalue weighted by atomic mass is 16.2. The minimum absolute atomic E-state index is 0.0343. The van der Waals surface area contributed by atoms with Crippen molar-refractivity contribution in [2.45, 2.75) is 20.3 Å². The summed E-state index contributed by atoms with van der Waals surface area (Å²) in [5.41, 5.74) is 6.82. The van der Waals surface area contributed by atoms with Gasteiger partial charge in [0.15, 0.2) is 0 Å². The molecule has 0 aliphatic rings. The molecular weight excluding hydrogens is 250 g/mol. The molecule has 0 saturated heterocycles. The van der Waals surface area contributed by atoms with Crippen LogP contribution in [0.25, 0.3) is 0 Å². The quantitative estimate of drug-likeness (QED) is 0.896. The van der Waals surface area contributed by atoms with E-state index >= 15 is 0 Å². The van der Waals surface area contributed by atoms with Gasteiger partial charge in [-0.3, -0.25) is 4.79 Å². The number of rotatable bonds is 4. The second-order valence-electron chi connectivity index (χ2n) is 5.47. The molecule has 0 fully saturated rings. The van der Waals surface area contributed by atoms with Crippen molar-refractivity contribution in [3.05, 3.63) is 54.2 Å². The fourth-order valence-electron chi connectivity index (χ4n) is 1.97. The molecule has 1 amide bonds. The van der Waals surface area contributed by atoms with Gasteiger partial charge >= 0.3 is 0 Å². The molecule has 4 nitrogen and oxygen atoms in total. The SMILES string of the molecule is CC(C)(Cc1ccccc1)C(=O)Nc1ccc(N)nc1. The van der Waals surface area contributed by atoms with Gasteiger partial charge in [0.2, 0.25) is 5.91 Å². The largest absolute Gasteiger partial charge is 0.384 e. The van der Waals surface area contributed by atoms with E-state index in [-0.39, 0.29) is 5.91 Å². The Kier molecular flexibility index (Phi) is 4.03. The van der Waals surface area contributed by atoms with E-state index in [0.717, 1.165) is 5.56 Å². The van der Waals surface area contributed by atoms with Gasteiger partial charge in [-0.2, -0.15) is 0 Å². The van der Waals surface area contributed by atoms with Crippen molar-refractivity contribution in [3.63, 3.8) is 0 Å². The number of amides is 1.